The van der Waals surface area contributed by atoms with Gasteiger partial charge in [-0.1, -0.05) is 0 Å². The lowest BCUT2D eigenvalue weighted by Gasteiger charge is -2.33. The maximum Gasteiger partial charge on any atom is 0.319 e. The van der Waals surface area contributed by atoms with Crippen LogP contribution in [0.2, 0.25) is 0 Å². The number of carboxylic acid groups (broad SMARTS) is 1. The number of carbonyl (C=O) groups is 2. The minimum Gasteiger partial charge on any atom is -0.480 e. The third-order valence-corrected chi connectivity index (χ3v) is 2.92. The van der Waals surface area contributed by atoms with Gasteiger partial charge in [0.2, 0.25) is 5.91 Å². The minimum atomic E-state index is -1.10. The number of carboxylic acids is 1. The van der Waals surface area contributed by atoms with Crippen molar-refractivity contribution < 1.29 is 14.7 Å². The third kappa shape index (κ3) is 1.98. The van der Waals surface area contributed by atoms with Crippen molar-refractivity contribution in [1.82, 2.24) is 4.90 Å². The Hall–Kier alpha value is -1.06. The number of carbonyl (C=O) groups excluding carboxylic acids is 1. The van der Waals surface area contributed by atoms with E-state index in [1.807, 2.05) is 27.7 Å². The second-order valence-corrected chi connectivity index (χ2v) is 4.79. The molecule has 0 aromatic carbocycles. The van der Waals surface area contributed by atoms with Crippen molar-refractivity contribution in [2.45, 2.75) is 52.6 Å². The molecule has 1 aliphatic carbocycles. The monoisotopic (exact) mass is 213 g/mol. The summed E-state index contributed by atoms with van der Waals surface area (Å²) in [6.07, 6.45) is 0.966. The number of rotatable bonds is 4. The van der Waals surface area contributed by atoms with Crippen LogP contribution in [0.3, 0.4) is 0 Å². The topological polar surface area (TPSA) is 57.6 Å². The van der Waals surface area contributed by atoms with E-state index >= 15 is 0 Å². The van der Waals surface area contributed by atoms with Crippen molar-refractivity contribution in [3.63, 3.8) is 0 Å². The largest absolute Gasteiger partial charge is 0.480 e. The predicted octanol–water partition coefficient (Wildman–Crippen LogP) is 1.50. The van der Waals surface area contributed by atoms with Crippen LogP contribution in [-0.2, 0) is 9.59 Å². The average Bonchev–Trinajstić information content (AvgIpc) is 2.81. The molecule has 1 saturated carbocycles. The maximum atomic E-state index is 12.1. The Morgan fingerprint density at radius 3 is 1.73 bits per heavy atom. The molecule has 4 heteroatoms. The zero-order valence-electron chi connectivity index (χ0n) is 9.78. The number of hydrogen-bond donors (Lipinski definition) is 1. The molecule has 0 radical (unpaired) electrons. The molecule has 0 unspecified atom stereocenters. The van der Waals surface area contributed by atoms with E-state index in [1.165, 1.54) is 0 Å². The van der Waals surface area contributed by atoms with E-state index in [2.05, 4.69) is 0 Å². The predicted molar refractivity (Wildman–Crippen MR) is 56.4 cm³/mol. The summed E-state index contributed by atoms with van der Waals surface area (Å²) in [4.78, 5) is 24.8. The van der Waals surface area contributed by atoms with Gasteiger partial charge in [-0.05, 0) is 40.5 Å². The van der Waals surface area contributed by atoms with Gasteiger partial charge in [0, 0.05) is 12.1 Å². The molecule has 4 nitrogen and oxygen atoms in total. The molecular weight excluding hydrogens is 194 g/mol. The Morgan fingerprint density at radius 1 is 1.13 bits per heavy atom. The molecule has 1 aliphatic rings. The second-order valence-electron chi connectivity index (χ2n) is 4.79. The molecule has 0 aromatic heterocycles. The standard InChI is InChI=1S/C11H19NO3/c1-7(2)12(8(3)4)9(13)11(5-6-11)10(14)15/h7-8H,5-6H2,1-4H3,(H,14,15). The summed E-state index contributed by atoms with van der Waals surface area (Å²) in [5, 5.41) is 9.04. The van der Waals surface area contributed by atoms with Gasteiger partial charge < -0.3 is 10.0 Å². The molecule has 0 aromatic rings. The molecule has 0 aliphatic heterocycles. The summed E-state index contributed by atoms with van der Waals surface area (Å²) >= 11 is 0. The van der Waals surface area contributed by atoms with E-state index < -0.39 is 11.4 Å². The molecule has 0 spiro atoms. The van der Waals surface area contributed by atoms with E-state index in [4.69, 9.17) is 5.11 Å². The first kappa shape index (κ1) is 12.0. The van der Waals surface area contributed by atoms with Crippen molar-refractivity contribution in [1.29, 1.82) is 0 Å². The minimum absolute atomic E-state index is 0.0503. The molecule has 1 amide bonds. The SMILES string of the molecule is CC(C)N(C(=O)C1(C(=O)O)CC1)C(C)C. The summed E-state index contributed by atoms with van der Waals surface area (Å²) in [5.74, 6) is -1.20. The molecule has 0 heterocycles. The summed E-state index contributed by atoms with van der Waals surface area (Å²) < 4.78 is 0. The molecule has 1 fully saturated rings. The fourth-order valence-corrected chi connectivity index (χ4v) is 1.96. The van der Waals surface area contributed by atoms with Crippen molar-refractivity contribution in [3.05, 3.63) is 0 Å². The highest BCUT2D eigenvalue weighted by atomic mass is 16.4. The van der Waals surface area contributed by atoms with Crippen molar-refractivity contribution in [2.75, 3.05) is 0 Å². The van der Waals surface area contributed by atoms with Crippen LogP contribution in [0.5, 0.6) is 0 Å². The molecule has 1 rings (SSSR count). The van der Waals surface area contributed by atoms with Gasteiger partial charge >= 0.3 is 5.97 Å². The lowest BCUT2D eigenvalue weighted by atomic mass is 10.0. The third-order valence-electron chi connectivity index (χ3n) is 2.92. The van der Waals surface area contributed by atoms with Gasteiger partial charge in [-0.3, -0.25) is 9.59 Å². The van der Waals surface area contributed by atoms with Gasteiger partial charge in [-0.25, -0.2) is 0 Å². The fourth-order valence-electron chi connectivity index (χ4n) is 1.96. The zero-order chi connectivity index (χ0) is 11.8. The highest BCUT2D eigenvalue weighted by molar-refractivity contribution is 6.05. The molecule has 15 heavy (non-hydrogen) atoms. The van der Waals surface area contributed by atoms with E-state index in [9.17, 15) is 9.59 Å². The molecule has 86 valence electrons. The maximum absolute atomic E-state index is 12.1. The van der Waals surface area contributed by atoms with Crippen LogP contribution >= 0.6 is 0 Å². The number of nitrogens with zero attached hydrogens (tertiary/aromatic N) is 1. The number of amides is 1. The van der Waals surface area contributed by atoms with Crippen LogP contribution in [0, 0.1) is 5.41 Å². The van der Waals surface area contributed by atoms with Crippen LogP contribution in [-0.4, -0.2) is 34.0 Å². The molecule has 1 N–H and O–H groups in total. The highest BCUT2D eigenvalue weighted by Crippen LogP contribution is 2.48. The lowest BCUT2D eigenvalue weighted by Crippen LogP contribution is -2.48. The molecule has 0 atom stereocenters. The summed E-state index contributed by atoms with van der Waals surface area (Å²) in [6, 6.07) is 0.101. The summed E-state index contributed by atoms with van der Waals surface area (Å²) in [7, 11) is 0. The van der Waals surface area contributed by atoms with Crippen LogP contribution in [0.25, 0.3) is 0 Å². The van der Waals surface area contributed by atoms with E-state index in [-0.39, 0.29) is 18.0 Å². The Labute approximate surface area is 90.3 Å². The van der Waals surface area contributed by atoms with Crippen LogP contribution < -0.4 is 0 Å². The van der Waals surface area contributed by atoms with E-state index in [1.54, 1.807) is 4.90 Å². The Bertz CT molecular complexity index is 272. The Kier molecular flexibility index (Phi) is 3.07. The van der Waals surface area contributed by atoms with Crippen molar-refractivity contribution in [3.8, 4) is 0 Å². The summed E-state index contributed by atoms with van der Waals surface area (Å²) in [5.41, 5.74) is -1.10. The Balaban J connectivity index is 2.87. The lowest BCUT2D eigenvalue weighted by molar-refractivity contribution is -0.155. The van der Waals surface area contributed by atoms with Gasteiger partial charge in [-0.15, -0.1) is 0 Å². The number of hydrogen-bond acceptors (Lipinski definition) is 2. The van der Waals surface area contributed by atoms with Gasteiger partial charge in [0.15, 0.2) is 0 Å². The first-order valence-electron chi connectivity index (χ1n) is 5.39. The quantitative estimate of drug-likeness (QED) is 0.720. The smallest absolute Gasteiger partial charge is 0.319 e. The van der Waals surface area contributed by atoms with Gasteiger partial charge in [0.05, 0.1) is 0 Å². The first-order valence-corrected chi connectivity index (χ1v) is 5.39. The first-order chi connectivity index (χ1) is 6.83. The Morgan fingerprint density at radius 2 is 1.53 bits per heavy atom. The second kappa shape index (κ2) is 3.83. The average molecular weight is 213 g/mol. The van der Waals surface area contributed by atoms with E-state index in [0.717, 1.165) is 0 Å². The molecule has 0 saturated heterocycles. The molecule has 0 bridgehead atoms. The fraction of sp³-hybridized carbons (Fsp3) is 0.818. The normalized spacial score (nSPS) is 18.0. The highest BCUT2D eigenvalue weighted by Gasteiger charge is 2.59. The molecular formula is C11H19NO3. The van der Waals surface area contributed by atoms with Crippen LogP contribution in [0.1, 0.15) is 40.5 Å². The number of aliphatic carboxylic acids is 1. The van der Waals surface area contributed by atoms with E-state index in [0.29, 0.717) is 12.8 Å². The van der Waals surface area contributed by atoms with Gasteiger partial charge in [0.25, 0.3) is 0 Å². The van der Waals surface area contributed by atoms with Crippen molar-refractivity contribution in [2.24, 2.45) is 5.41 Å². The van der Waals surface area contributed by atoms with Crippen molar-refractivity contribution >= 4 is 11.9 Å². The van der Waals surface area contributed by atoms with Crippen LogP contribution in [0.15, 0.2) is 0 Å². The zero-order valence-corrected chi connectivity index (χ0v) is 9.78. The van der Waals surface area contributed by atoms with Crippen LogP contribution in [0.4, 0.5) is 0 Å². The summed E-state index contributed by atoms with van der Waals surface area (Å²) in [6.45, 7) is 7.65. The van der Waals surface area contributed by atoms with Gasteiger partial charge in [-0.2, -0.15) is 0 Å². The van der Waals surface area contributed by atoms with Gasteiger partial charge in [0.1, 0.15) is 5.41 Å².